The molecule has 0 bridgehead atoms. The average molecular weight is 293 g/mol. The van der Waals surface area contributed by atoms with Crippen molar-refractivity contribution in [1.82, 2.24) is 9.55 Å². The standard InChI is InChI=1S/C14H19N3O2S/c1-4-11-16-13-12(8(2)9(3)20-13)14(19)17(11)7-5-6-10(15)18/h4-7H2,1-3H3,(H2,15,18). The number of rotatable bonds is 5. The fourth-order valence-electron chi connectivity index (χ4n) is 2.28. The van der Waals surface area contributed by atoms with Crippen molar-refractivity contribution in [3.63, 3.8) is 0 Å². The van der Waals surface area contributed by atoms with Crippen molar-refractivity contribution in [2.45, 2.75) is 46.6 Å². The Hall–Kier alpha value is -1.69. The van der Waals surface area contributed by atoms with Crippen LogP contribution in [0.25, 0.3) is 10.2 Å². The van der Waals surface area contributed by atoms with Crippen molar-refractivity contribution >= 4 is 27.5 Å². The molecule has 108 valence electrons. The number of nitrogens with zero attached hydrogens (tertiary/aromatic N) is 2. The van der Waals surface area contributed by atoms with Gasteiger partial charge in [-0.15, -0.1) is 11.3 Å². The molecule has 2 rings (SSSR count). The van der Waals surface area contributed by atoms with Gasteiger partial charge in [0.25, 0.3) is 5.56 Å². The van der Waals surface area contributed by atoms with E-state index in [1.165, 1.54) is 0 Å². The van der Waals surface area contributed by atoms with Gasteiger partial charge < -0.3 is 5.73 Å². The highest BCUT2D eigenvalue weighted by Gasteiger charge is 2.15. The lowest BCUT2D eigenvalue weighted by Gasteiger charge is -2.10. The lowest BCUT2D eigenvalue weighted by atomic mass is 10.2. The van der Waals surface area contributed by atoms with Gasteiger partial charge in [-0.2, -0.15) is 0 Å². The van der Waals surface area contributed by atoms with E-state index in [-0.39, 0.29) is 17.9 Å². The summed E-state index contributed by atoms with van der Waals surface area (Å²) in [6.45, 7) is 6.43. The number of nitrogens with two attached hydrogens (primary N) is 1. The summed E-state index contributed by atoms with van der Waals surface area (Å²) in [5.41, 5.74) is 6.15. The third-order valence-electron chi connectivity index (χ3n) is 3.49. The summed E-state index contributed by atoms with van der Waals surface area (Å²) in [5, 5.41) is 0.712. The molecule has 1 amide bonds. The molecule has 0 aromatic carbocycles. The molecule has 0 spiro atoms. The van der Waals surface area contributed by atoms with Crippen molar-refractivity contribution in [1.29, 1.82) is 0 Å². The molecule has 0 aliphatic carbocycles. The molecule has 0 aliphatic rings. The maximum absolute atomic E-state index is 12.6. The average Bonchev–Trinajstić information content (AvgIpc) is 2.67. The third-order valence-corrected chi connectivity index (χ3v) is 4.59. The normalized spacial score (nSPS) is 11.2. The summed E-state index contributed by atoms with van der Waals surface area (Å²) in [7, 11) is 0. The van der Waals surface area contributed by atoms with E-state index in [0.717, 1.165) is 21.1 Å². The van der Waals surface area contributed by atoms with Gasteiger partial charge in [0.1, 0.15) is 10.7 Å². The number of amides is 1. The Morgan fingerprint density at radius 3 is 2.70 bits per heavy atom. The van der Waals surface area contributed by atoms with Crippen molar-refractivity contribution in [2.75, 3.05) is 0 Å². The van der Waals surface area contributed by atoms with E-state index in [2.05, 4.69) is 4.98 Å². The van der Waals surface area contributed by atoms with Gasteiger partial charge in [0, 0.05) is 24.3 Å². The Bertz CT molecular complexity index is 715. The third kappa shape index (κ3) is 2.60. The van der Waals surface area contributed by atoms with Crippen LogP contribution in [-0.4, -0.2) is 15.5 Å². The van der Waals surface area contributed by atoms with Gasteiger partial charge in [0.05, 0.1) is 5.39 Å². The maximum atomic E-state index is 12.6. The van der Waals surface area contributed by atoms with E-state index in [9.17, 15) is 9.59 Å². The minimum atomic E-state index is -0.340. The van der Waals surface area contributed by atoms with Gasteiger partial charge in [-0.05, 0) is 25.8 Å². The van der Waals surface area contributed by atoms with Crippen molar-refractivity contribution < 1.29 is 4.79 Å². The van der Waals surface area contributed by atoms with Gasteiger partial charge in [0.2, 0.25) is 5.91 Å². The largest absolute Gasteiger partial charge is 0.370 e. The summed E-state index contributed by atoms with van der Waals surface area (Å²) in [6, 6.07) is 0. The zero-order chi connectivity index (χ0) is 14.9. The zero-order valence-corrected chi connectivity index (χ0v) is 12.8. The molecule has 0 atom stereocenters. The van der Waals surface area contributed by atoms with Crippen molar-refractivity contribution in [2.24, 2.45) is 5.73 Å². The van der Waals surface area contributed by atoms with E-state index < -0.39 is 0 Å². The van der Waals surface area contributed by atoms with E-state index >= 15 is 0 Å². The molecule has 5 nitrogen and oxygen atoms in total. The molecule has 0 fully saturated rings. The highest BCUT2D eigenvalue weighted by Crippen LogP contribution is 2.26. The summed E-state index contributed by atoms with van der Waals surface area (Å²) in [4.78, 5) is 30.0. The number of carbonyl (C=O) groups excluding carboxylic acids is 1. The second-order valence-electron chi connectivity index (χ2n) is 4.87. The topological polar surface area (TPSA) is 78.0 Å². The summed E-state index contributed by atoms with van der Waals surface area (Å²) >= 11 is 1.56. The van der Waals surface area contributed by atoms with Crippen LogP contribution in [0, 0.1) is 13.8 Å². The zero-order valence-electron chi connectivity index (χ0n) is 12.0. The molecular formula is C14H19N3O2S. The summed E-state index contributed by atoms with van der Waals surface area (Å²) in [6.07, 6.45) is 1.55. The van der Waals surface area contributed by atoms with Crippen LogP contribution in [0.3, 0.4) is 0 Å². The molecule has 0 saturated carbocycles. The fraction of sp³-hybridized carbons (Fsp3) is 0.500. The van der Waals surface area contributed by atoms with Crippen LogP contribution in [-0.2, 0) is 17.8 Å². The van der Waals surface area contributed by atoms with Gasteiger partial charge in [-0.3, -0.25) is 14.2 Å². The summed E-state index contributed by atoms with van der Waals surface area (Å²) < 4.78 is 1.68. The Labute approximate surface area is 121 Å². The predicted octanol–water partition coefficient (Wildman–Crippen LogP) is 1.90. The number of hydrogen-bond acceptors (Lipinski definition) is 4. The number of thiophene rings is 1. The van der Waals surface area contributed by atoms with Crippen molar-refractivity contribution in [3.8, 4) is 0 Å². The molecule has 20 heavy (non-hydrogen) atoms. The Kier molecular flexibility index (Phi) is 4.23. The van der Waals surface area contributed by atoms with Gasteiger partial charge >= 0.3 is 0 Å². The lowest BCUT2D eigenvalue weighted by Crippen LogP contribution is -2.26. The number of primary amides is 1. The minimum Gasteiger partial charge on any atom is -0.370 e. The first-order valence-electron chi connectivity index (χ1n) is 6.73. The number of carbonyl (C=O) groups is 1. The Morgan fingerprint density at radius 2 is 2.10 bits per heavy atom. The Morgan fingerprint density at radius 1 is 1.40 bits per heavy atom. The number of aromatic nitrogens is 2. The van der Waals surface area contributed by atoms with Crippen LogP contribution < -0.4 is 11.3 Å². The van der Waals surface area contributed by atoms with Crippen LogP contribution in [0.4, 0.5) is 0 Å². The molecule has 0 aliphatic heterocycles. The predicted molar refractivity (Wildman–Crippen MR) is 81.2 cm³/mol. The van der Waals surface area contributed by atoms with Gasteiger partial charge in [0.15, 0.2) is 0 Å². The quantitative estimate of drug-likeness (QED) is 0.914. The summed E-state index contributed by atoms with van der Waals surface area (Å²) in [5.74, 6) is 0.431. The first-order chi connectivity index (χ1) is 9.45. The molecule has 2 heterocycles. The van der Waals surface area contributed by atoms with Crippen LogP contribution in [0.1, 0.15) is 36.0 Å². The van der Waals surface area contributed by atoms with E-state index in [1.807, 2.05) is 20.8 Å². The van der Waals surface area contributed by atoms with Crippen LogP contribution in [0.2, 0.25) is 0 Å². The first-order valence-corrected chi connectivity index (χ1v) is 7.55. The Balaban J connectivity index is 2.51. The molecule has 2 aromatic rings. The van der Waals surface area contributed by atoms with Gasteiger partial charge in [-0.25, -0.2) is 4.98 Å². The molecule has 0 saturated heterocycles. The number of fused-ring (bicyclic) bond motifs is 1. The molecule has 0 unspecified atom stereocenters. The van der Waals surface area contributed by atoms with Crippen LogP contribution in [0.5, 0.6) is 0 Å². The van der Waals surface area contributed by atoms with E-state index in [4.69, 9.17) is 5.73 Å². The highest BCUT2D eigenvalue weighted by molar-refractivity contribution is 7.18. The van der Waals surface area contributed by atoms with E-state index in [1.54, 1.807) is 15.9 Å². The van der Waals surface area contributed by atoms with E-state index in [0.29, 0.717) is 24.8 Å². The first kappa shape index (κ1) is 14.7. The second-order valence-corrected chi connectivity index (χ2v) is 6.07. The monoisotopic (exact) mass is 293 g/mol. The smallest absolute Gasteiger partial charge is 0.262 e. The number of hydrogen-bond donors (Lipinski definition) is 1. The maximum Gasteiger partial charge on any atom is 0.262 e. The minimum absolute atomic E-state index is 0.00169. The van der Waals surface area contributed by atoms with Gasteiger partial charge in [-0.1, -0.05) is 6.92 Å². The molecule has 6 heteroatoms. The molecule has 2 N–H and O–H groups in total. The SMILES string of the molecule is CCc1nc2sc(C)c(C)c2c(=O)n1CCCC(N)=O. The van der Waals surface area contributed by atoms with Crippen LogP contribution in [0.15, 0.2) is 4.79 Å². The van der Waals surface area contributed by atoms with Crippen molar-refractivity contribution in [3.05, 3.63) is 26.6 Å². The molecule has 2 aromatic heterocycles. The molecular weight excluding hydrogens is 274 g/mol. The fourth-order valence-corrected chi connectivity index (χ4v) is 3.32. The lowest BCUT2D eigenvalue weighted by molar-refractivity contribution is -0.118. The number of aryl methyl sites for hydroxylation is 3. The van der Waals surface area contributed by atoms with Crippen LogP contribution >= 0.6 is 11.3 Å². The molecule has 0 radical (unpaired) electrons. The second kappa shape index (κ2) is 5.75. The highest BCUT2D eigenvalue weighted by atomic mass is 32.1.